The SMILES string of the molecule is CC[C@H](C)CN(CC(=O)N1CCc2sccc2[C@H]1COc1ccc(C)cc1C)C[C@@H](C)O. The predicted octanol–water partition coefficient (Wildman–Crippen LogP) is 4.60. The average molecular weight is 459 g/mol. The van der Waals surface area contributed by atoms with E-state index in [1.165, 1.54) is 16.0 Å². The number of nitrogens with zero attached hydrogens (tertiary/aromatic N) is 2. The molecule has 5 nitrogen and oxygen atoms in total. The van der Waals surface area contributed by atoms with Crippen LogP contribution in [0.5, 0.6) is 5.75 Å². The third-order valence-electron chi connectivity index (χ3n) is 6.29. The summed E-state index contributed by atoms with van der Waals surface area (Å²) in [5, 5.41) is 12.1. The summed E-state index contributed by atoms with van der Waals surface area (Å²) in [6, 6.07) is 8.26. The molecule has 0 unspecified atom stereocenters. The van der Waals surface area contributed by atoms with Gasteiger partial charge in [-0.1, -0.05) is 38.0 Å². The molecule has 6 heteroatoms. The van der Waals surface area contributed by atoms with E-state index in [2.05, 4.69) is 56.2 Å². The molecule has 2 aromatic rings. The number of fused-ring (bicyclic) bond motifs is 1. The molecular formula is C26H38N2O3S. The topological polar surface area (TPSA) is 53.0 Å². The van der Waals surface area contributed by atoms with Gasteiger partial charge in [-0.25, -0.2) is 0 Å². The van der Waals surface area contributed by atoms with E-state index >= 15 is 0 Å². The Morgan fingerprint density at radius 2 is 2.06 bits per heavy atom. The first-order valence-electron chi connectivity index (χ1n) is 11.7. The molecule has 1 aliphatic rings. The first kappa shape index (κ1) is 24.7. The fourth-order valence-corrected chi connectivity index (χ4v) is 5.36. The first-order chi connectivity index (χ1) is 15.3. The van der Waals surface area contributed by atoms with Gasteiger partial charge in [-0.3, -0.25) is 9.69 Å². The summed E-state index contributed by atoms with van der Waals surface area (Å²) in [6.07, 6.45) is 1.49. The lowest BCUT2D eigenvalue weighted by Gasteiger charge is -2.37. The average Bonchev–Trinajstić information content (AvgIpc) is 3.21. The molecule has 0 aliphatic carbocycles. The van der Waals surface area contributed by atoms with Crippen molar-refractivity contribution in [2.45, 2.75) is 59.6 Å². The molecule has 1 aromatic heterocycles. The number of aliphatic hydroxyl groups is 1. The van der Waals surface area contributed by atoms with Crippen LogP contribution >= 0.6 is 11.3 Å². The quantitative estimate of drug-likeness (QED) is 0.565. The largest absolute Gasteiger partial charge is 0.491 e. The van der Waals surface area contributed by atoms with Crippen molar-refractivity contribution in [3.8, 4) is 5.75 Å². The molecule has 1 aliphatic heterocycles. The van der Waals surface area contributed by atoms with Gasteiger partial charge < -0.3 is 14.7 Å². The summed E-state index contributed by atoms with van der Waals surface area (Å²) in [7, 11) is 0. The molecule has 32 heavy (non-hydrogen) atoms. The number of carbonyl (C=O) groups is 1. The smallest absolute Gasteiger partial charge is 0.237 e. The van der Waals surface area contributed by atoms with Crippen LogP contribution in [0.15, 0.2) is 29.6 Å². The molecular weight excluding hydrogens is 420 g/mol. The van der Waals surface area contributed by atoms with Crippen LogP contribution in [0, 0.1) is 19.8 Å². The molecule has 0 fully saturated rings. The Bertz CT molecular complexity index is 895. The van der Waals surface area contributed by atoms with Crippen LogP contribution in [0.4, 0.5) is 0 Å². The highest BCUT2D eigenvalue weighted by atomic mass is 32.1. The Balaban J connectivity index is 1.76. The molecule has 0 radical (unpaired) electrons. The Kier molecular flexibility index (Phi) is 8.74. The van der Waals surface area contributed by atoms with Crippen molar-refractivity contribution in [3.05, 3.63) is 51.2 Å². The van der Waals surface area contributed by atoms with Crippen LogP contribution in [0.1, 0.15) is 54.8 Å². The lowest BCUT2D eigenvalue weighted by Crippen LogP contribution is -2.48. The molecule has 3 atom stereocenters. The Morgan fingerprint density at radius 1 is 1.28 bits per heavy atom. The Labute approximate surface area is 197 Å². The molecule has 0 saturated carbocycles. The van der Waals surface area contributed by atoms with Crippen LogP contribution in [0.3, 0.4) is 0 Å². The van der Waals surface area contributed by atoms with Crippen LogP contribution in [-0.2, 0) is 11.2 Å². The highest BCUT2D eigenvalue weighted by Crippen LogP contribution is 2.34. The fourth-order valence-electron chi connectivity index (χ4n) is 4.43. The van der Waals surface area contributed by atoms with Crippen molar-refractivity contribution in [2.24, 2.45) is 5.92 Å². The van der Waals surface area contributed by atoms with Gasteiger partial charge in [0.15, 0.2) is 0 Å². The van der Waals surface area contributed by atoms with E-state index in [1.807, 2.05) is 11.0 Å². The molecule has 176 valence electrons. The van der Waals surface area contributed by atoms with Crippen molar-refractivity contribution >= 4 is 17.2 Å². The van der Waals surface area contributed by atoms with E-state index < -0.39 is 6.10 Å². The number of hydrogen-bond acceptors (Lipinski definition) is 5. The number of aliphatic hydroxyl groups excluding tert-OH is 1. The summed E-state index contributed by atoms with van der Waals surface area (Å²) in [5.41, 5.74) is 3.54. The number of rotatable bonds is 10. The molecule has 1 amide bonds. The zero-order chi connectivity index (χ0) is 23.3. The van der Waals surface area contributed by atoms with Crippen LogP contribution in [0.25, 0.3) is 0 Å². The molecule has 0 bridgehead atoms. The van der Waals surface area contributed by atoms with Crippen molar-refractivity contribution in [1.82, 2.24) is 9.80 Å². The number of thiophene rings is 1. The van der Waals surface area contributed by atoms with Crippen molar-refractivity contribution in [1.29, 1.82) is 0 Å². The minimum absolute atomic E-state index is 0.0878. The van der Waals surface area contributed by atoms with Crippen LogP contribution < -0.4 is 4.74 Å². The molecule has 0 spiro atoms. The number of benzene rings is 1. The summed E-state index contributed by atoms with van der Waals surface area (Å²) in [6.45, 7) is 13.1. The van der Waals surface area contributed by atoms with E-state index in [0.29, 0.717) is 32.2 Å². The minimum atomic E-state index is -0.458. The van der Waals surface area contributed by atoms with Gasteiger partial charge in [-0.2, -0.15) is 0 Å². The lowest BCUT2D eigenvalue weighted by atomic mass is 10.00. The fraction of sp³-hybridized carbons (Fsp3) is 0.577. The van der Waals surface area contributed by atoms with Crippen molar-refractivity contribution < 1.29 is 14.6 Å². The van der Waals surface area contributed by atoms with Crippen LogP contribution in [0.2, 0.25) is 0 Å². The standard InChI is InChI=1S/C26H38N2O3S/c1-6-18(2)14-27(15-21(5)29)16-26(30)28-11-9-25-22(10-12-32-25)23(28)17-31-24-8-7-19(3)13-20(24)4/h7-8,10,12-13,18,21,23,29H,6,9,11,14-17H2,1-5H3/t18-,21+,23+/m0/s1. The maximum absolute atomic E-state index is 13.5. The van der Waals surface area contributed by atoms with E-state index in [-0.39, 0.29) is 11.9 Å². The van der Waals surface area contributed by atoms with Gasteiger partial charge in [0.2, 0.25) is 5.91 Å². The number of amides is 1. The van der Waals surface area contributed by atoms with E-state index in [9.17, 15) is 9.90 Å². The van der Waals surface area contributed by atoms with Gasteiger partial charge in [-0.15, -0.1) is 11.3 Å². The van der Waals surface area contributed by atoms with Crippen molar-refractivity contribution in [2.75, 3.05) is 32.8 Å². The summed E-state index contributed by atoms with van der Waals surface area (Å²) < 4.78 is 6.25. The molecule has 2 heterocycles. The summed E-state index contributed by atoms with van der Waals surface area (Å²) in [5.74, 6) is 1.47. The number of aryl methyl sites for hydroxylation is 2. The molecule has 3 rings (SSSR count). The molecule has 0 saturated heterocycles. The van der Waals surface area contributed by atoms with E-state index in [4.69, 9.17) is 4.74 Å². The van der Waals surface area contributed by atoms with Crippen molar-refractivity contribution in [3.63, 3.8) is 0 Å². The number of ether oxygens (including phenoxy) is 1. The summed E-state index contributed by atoms with van der Waals surface area (Å²) >= 11 is 1.77. The number of carbonyl (C=O) groups excluding carboxylic acids is 1. The molecule has 1 aromatic carbocycles. The predicted molar refractivity (Wildman–Crippen MR) is 131 cm³/mol. The normalized spacial score (nSPS) is 17.8. The van der Waals surface area contributed by atoms with Gasteiger partial charge in [-0.05, 0) is 61.7 Å². The maximum atomic E-state index is 13.5. The zero-order valence-corrected chi connectivity index (χ0v) is 21.0. The lowest BCUT2D eigenvalue weighted by molar-refractivity contribution is -0.136. The maximum Gasteiger partial charge on any atom is 0.237 e. The third kappa shape index (κ3) is 6.33. The van der Waals surface area contributed by atoms with Gasteiger partial charge >= 0.3 is 0 Å². The van der Waals surface area contributed by atoms with Gasteiger partial charge in [0.05, 0.1) is 18.7 Å². The second-order valence-electron chi connectivity index (χ2n) is 9.29. The van der Waals surface area contributed by atoms with Gasteiger partial charge in [0.25, 0.3) is 0 Å². The van der Waals surface area contributed by atoms with Gasteiger partial charge in [0.1, 0.15) is 12.4 Å². The highest BCUT2D eigenvalue weighted by molar-refractivity contribution is 7.10. The monoisotopic (exact) mass is 458 g/mol. The van der Waals surface area contributed by atoms with E-state index in [1.54, 1.807) is 18.3 Å². The number of hydrogen-bond donors (Lipinski definition) is 1. The first-order valence-corrected chi connectivity index (χ1v) is 12.6. The third-order valence-corrected chi connectivity index (χ3v) is 7.29. The zero-order valence-electron chi connectivity index (χ0n) is 20.1. The summed E-state index contributed by atoms with van der Waals surface area (Å²) in [4.78, 5) is 18.9. The second kappa shape index (κ2) is 11.3. The van der Waals surface area contributed by atoms with Gasteiger partial charge in [0, 0.05) is 24.5 Å². The van der Waals surface area contributed by atoms with E-state index in [0.717, 1.165) is 30.7 Å². The van der Waals surface area contributed by atoms with Crippen LogP contribution in [-0.4, -0.2) is 59.7 Å². The second-order valence-corrected chi connectivity index (χ2v) is 10.3. The Morgan fingerprint density at radius 3 is 2.75 bits per heavy atom. The highest BCUT2D eigenvalue weighted by Gasteiger charge is 2.33. The minimum Gasteiger partial charge on any atom is -0.491 e. The Hall–Kier alpha value is -1.89. The molecule has 1 N–H and O–H groups in total.